The number of nitrogens with one attached hydrogen (secondary N) is 2. The van der Waals surface area contributed by atoms with Crippen molar-refractivity contribution < 1.29 is 24.2 Å². The van der Waals surface area contributed by atoms with Crippen molar-refractivity contribution in [2.75, 3.05) is 0 Å². The summed E-state index contributed by atoms with van der Waals surface area (Å²) in [7, 11) is 0. The van der Waals surface area contributed by atoms with Gasteiger partial charge in [-0.15, -0.1) is 0 Å². The lowest BCUT2D eigenvalue weighted by molar-refractivity contribution is -0.142. The van der Waals surface area contributed by atoms with Crippen LogP contribution in [0.15, 0.2) is 30.3 Å². The van der Waals surface area contributed by atoms with Crippen LogP contribution in [0.2, 0.25) is 0 Å². The third-order valence-electron chi connectivity index (χ3n) is 3.76. The summed E-state index contributed by atoms with van der Waals surface area (Å²) in [6.07, 6.45) is -0.414. The van der Waals surface area contributed by atoms with E-state index in [4.69, 9.17) is 4.74 Å². The zero-order valence-corrected chi connectivity index (χ0v) is 15.7. The van der Waals surface area contributed by atoms with Gasteiger partial charge in [-0.05, 0) is 23.8 Å². The van der Waals surface area contributed by atoms with Crippen LogP contribution in [0.1, 0.15) is 39.7 Å². The van der Waals surface area contributed by atoms with Crippen LogP contribution in [0.25, 0.3) is 0 Å². The van der Waals surface area contributed by atoms with Gasteiger partial charge >= 0.3 is 12.1 Å². The molecule has 0 radical (unpaired) electrons. The van der Waals surface area contributed by atoms with Crippen LogP contribution in [0.5, 0.6) is 0 Å². The molecule has 0 aliphatic carbocycles. The Hall–Kier alpha value is -2.57. The maximum Gasteiger partial charge on any atom is 0.408 e. The number of hydrogen-bond acceptors (Lipinski definition) is 4. The number of carbonyl (C=O) groups excluding carboxylic acids is 2. The third kappa shape index (κ3) is 7.55. The Bertz CT molecular complexity index is 601. The Morgan fingerprint density at radius 2 is 1.65 bits per heavy atom. The maximum absolute atomic E-state index is 12.4. The molecular weight excluding hydrogens is 336 g/mol. The third-order valence-corrected chi connectivity index (χ3v) is 3.76. The number of benzene rings is 1. The number of ether oxygens (including phenoxy) is 1. The maximum atomic E-state index is 12.4. The molecule has 144 valence electrons. The van der Waals surface area contributed by atoms with E-state index >= 15 is 0 Å². The second-order valence-corrected chi connectivity index (χ2v) is 6.96. The minimum atomic E-state index is -1.10. The number of aliphatic carboxylic acids is 1. The molecule has 1 unspecified atom stereocenters. The smallest absolute Gasteiger partial charge is 0.408 e. The molecule has 0 spiro atoms. The van der Waals surface area contributed by atoms with E-state index in [0.29, 0.717) is 6.42 Å². The topological polar surface area (TPSA) is 105 Å². The Morgan fingerprint density at radius 1 is 1.04 bits per heavy atom. The quantitative estimate of drug-likeness (QED) is 0.625. The summed E-state index contributed by atoms with van der Waals surface area (Å²) in [6, 6.07) is 7.30. The van der Waals surface area contributed by atoms with E-state index in [1.807, 2.05) is 44.2 Å². The summed E-state index contributed by atoms with van der Waals surface area (Å²) in [5, 5.41) is 14.3. The lowest BCUT2D eigenvalue weighted by Gasteiger charge is -2.24. The van der Waals surface area contributed by atoms with Crippen molar-refractivity contribution in [1.82, 2.24) is 10.6 Å². The summed E-state index contributed by atoms with van der Waals surface area (Å²) >= 11 is 0. The fraction of sp³-hybridized carbons (Fsp3) is 0.526. The number of amides is 2. The number of alkyl carbamates (subject to hydrolysis) is 1. The fourth-order valence-electron chi connectivity index (χ4n) is 2.38. The summed E-state index contributed by atoms with van der Waals surface area (Å²) in [6.45, 7) is 7.37. The van der Waals surface area contributed by atoms with Crippen LogP contribution in [-0.4, -0.2) is 35.2 Å². The van der Waals surface area contributed by atoms with Crippen molar-refractivity contribution in [2.24, 2.45) is 11.8 Å². The predicted octanol–water partition coefficient (Wildman–Crippen LogP) is 2.55. The molecule has 1 aromatic rings. The second kappa shape index (κ2) is 10.4. The molecule has 1 rings (SSSR count). The average molecular weight is 364 g/mol. The first kappa shape index (κ1) is 21.5. The fourth-order valence-corrected chi connectivity index (χ4v) is 2.38. The Kier molecular flexibility index (Phi) is 8.61. The zero-order chi connectivity index (χ0) is 19.7. The van der Waals surface area contributed by atoms with Gasteiger partial charge in [0.1, 0.15) is 18.7 Å². The van der Waals surface area contributed by atoms with Crippen LogP contribution in [0.4, 0.5) is 4.79 Å². The molecule has 0 aromatic heterocycles. The van der Waals surface area contributed by atoms with E-state index in [2.05, 4.69) is 10.6 Å². The van der Waals surface area contributed by atoms with Crippen LogP contribution >= 0.6 is 0 Å². The van der Waals surface area contributed by atoms with Crippen molar-refractivity contribution in [3.05, 3.63) is 35.9 Å². The monoisotopic (exact) mass is 364 g/mol. The molecule has 3 N–H and O–H groups in total. The number of carboxylic acids is 1. The first-order chi connectivity index (χ1) is 12.2. The van der Waals surface area contributed by atoms with E-state index in [1.54, 1.807) is 13.8 Å². The van der Waals surface area contributed by atoms with Gasteiger partial charge in [0.2, 0.25) is 5.91 Å². The minimum absolute atomic E-state index is 0.0875. The van der Waals surface area contributed by atoms with Crippen molar-refractivity contribution in [3.8, 4) is 0 Å². The highest BCUT2D eigenvalue weighted by molar-refractivity contribution is 5.89. The highest BCUT2D eigenvalue weighted by Gasteiger charge is 2.29. The normalized spacial score (nSPS) is 13.2. The van der Waals surface area contributed by atoms with Crippen LogP contribution in [0, 0.1) is 11.8 Å². The number of hydrogen-bond donors (Lipinski definition) is 3. The van der Waals surface area contributed by atoms with Gasteiger partial charge in [0.15, 0.2) is 0 Å². The average Bonchev–Trinajstić information content (AvgIpc) is 2.57. The van der Waals surface area contributed by atoms with Crippen molar-refractivity contribution >= 4 is 18.0 Å². The first-order valence-corrected chi connectivity index (χ1v) is 8.71. The molecule has 2 atom stereocenters. The molecule has 7 nitrogen and oxygen atoms in total. The SMILES string of the molecule is CC(C)CC(NC(=O)[C@@H](NC(=O)OCc1ccccc1)C(C)C)C(=O)O. The van der Waals surface area contributed by atoms with E-state index in [-0.39, 0.29) is 18.4 Å². The van der Waals surface area contributed by atoms with Crippen LogP contribution in [-0.2, 0) is 20.9 Å². The molecule has 0 aliphatic rings. The standard InChI is InChI=1S/C19H28N2O5/c1-12(2)10-15(18(23)24)20-17(22)16(13(3)4)21-19(25)26-11-14-8-6-5-7-9-14/h5-9,12-13,15-16H,10-11H2,1-4H3,(H,20,22)(H,21,25)(H,23,24)/t15?,16-/m0/s1. The van der Waals surface area contributed by atoms with E-state index in [0.717, 1.165) is 5.56 Å². The molecular formula is C19H28N2O5. The summed E-state index contributed by atoms with van der Waals surface area (Å²) in [4.78, 5) is 35.8. The largest absolute Gasteiger partial charge is 0.480 e. The van der Waals surface area contributed by atoms with E-state index < -0.39 is 30.1 Å². The molecule has 0 bridgehead atoms. The molecule has 2 amide bonds. The van der Waals surface area contributed by atoms with Crippen molar-refractivity contribution in [1.29, 1.82) is 0 Å². The van der Waals surface area contributed by atoms with Crippen LogP contribution < -0.4 is 10.6 Å². The van der Waals surface area contributed by atoms with Crippen molar-refractivity contribution in [2.45, 2.75) is 52.8 Å². The number of carboxylic acid groups (broad SMARTS) is 1. The summed E-state index contributed by atoms with van der Waals surface area (Å²) in [5.41, 5.74) is 0.830. The van der Waals surface area contributed by atoms with Gasteiger partial charge < -0.3 is 20.5 Å². The molecule has 0 saturated carbocycles. The Morgan fingerprint density at radius 3 is 2.15 bits per heavy atom. The van der Waals surface area contributed by atoms with Gasteiger partial charge in [0, 0.05) is 0 Å². The highest BCUT2D eigenvalue weighted by atomic mass is 16.5. The van der Waals surface area contributed by atoms with Gasteiger partial charge in [-0.1, -0.05) is 58.0 Å². The molecule has 7 heteroatoms. The lowest BCUT2D eigenvalue weighted by Crippen LogP contribution is -2.54. The highest BCUT2D eigenvalue weighted by Crippen LogP contribution is 2.08. The summed E-state index contributed by atoms with van der Waals surface area (Å²) in [5.74, 6) is -1.75. The van der Waals surface area contributed by atoms with Gasteiger partial charge in [0.05, 0.1) is 0 Å². The molecule has 0 saturated heterocycles. The van der Waals surface area contributed by atoms with Crippen LogP contribution in [0.3, 0.4) is 0 Å². The minimum Gasteiger partial charge on any atom is -0.480 e. The van der Waals surface area contributed by atoms with Gasteiger partial charge in [-0.25, -0.2) is 9.59 Å². The predicted molar refractivity (Wildman–Crippen MR) is 97.4 cm³/mol. The molecule has 1 aromatic carbocycles. The Labute approximate surface area is 154 Å². The van der Waals surface area contributed by atoms with Crippen molar-refractivity contribution in [3.63, 3.8) is 0 Å². The second-order valence-electron chi connectivity index (χ2n) is 6.96. The first-order valence-electron chi connectivity index (χ1n) is 8.71. The summed E-state index contributed by atoms with van der Waals surface area (Å²) < 4.78 is 5.13. The molecule has 26 heavy (non-hydrogen) atoms. The van der Waals surface area contributed by atoms with E-state index in [9.17, 15) is 19.5 Å². The van der Waals surface area contributed by atoms with E-state index in [1.165, 1.54) is 0 Å². The molecule has 0 heterocycles. The molecule has 0 aliphatic heterocycles. The molecule has 0 fully saturated rings. The Balaban J connectivity index is 2.64. The zero-order valence-electron chi connectivity index (χ0n) is 15.7. The lowest BCUT2D eigenvalue weighted by atomic mass is 10.0. The van der Waals surface area contributed by atoms with Gasteiger partial charge in [-0.3, -0.25) is 4.79 Å². The number of carbonyl (C=O) groups is 3. The van der Waals surface area contributed by atoms with Gasteiger partial charge in [-0.2, -0.15) is 0 Å². The number of rotatable bonds is 9. The van der Waals surface area contributed by atoms with Gasteiger partial charge in [0.25, 0.3) is 0 Å².